The summed E-state index contributed by atoms with van der Waals surface area (Å²) in [5.74, 6) is 0. The summed E-state index contributed by atoms with van der Waals surface area (Å²) >= 11 is 0. The largest absolute Gasteiger partial charge is 0.385 e. The second-order valence-corrected chi connectivity index (χ2v) is 5.99. The minimum atomic E-state index is -3.32. The third kappa shape index (κ3) is 8.82. The van der Waals surface area contributed by atoms with Crippen LogP contribution >= 0.6 is 0 Å². The summed E-state index contributed by atoms with van der Waals surface area (Å²) in [7, 11) is -0.0781. The van der Waals surface area contributed by atoms with E-state index in [1.807, 2.05) is 6.92 Å². The molecule has 0 aliphatic rings. The second-order valence-electron chi connectivity index (χ2n) is 4.13. The molecule has 0 spiro atoms. The Morgan fingerprint density at radius 2 is 1.89 bits per heavy atom. The Balaban J connectivity index is 3.75. The molecule has 0 bridgehead atoms. The van der Waals surface area contributed by atoms with Gasteiger partial charge in [-0.25, -0.2) is 4.72 Å². The first-order chi connectivity index (χ1) is 8.54. The molecule has 0 heterocycles. The zero-order valence-electron chi connectivity index (χ0n) is 11.7. The van der Waals surface area contributed by atoms with E-state index in [0.717, 1.165) is 32.4 Å². The topological polar surface area (TPSA) is 70.7 Å². The highest BCUT2D eigenvalue weighted by Gasteiger charge is 2.15. The first-order valence-electron chi connectivity index (χ1n) is 6.45. The lowest BCUT2D eigenvalue weighted by molar-refractivity contribution is 0.193. The number of methoxy groups -OCH3 is 1. The van der Waals surface area contributed by atoms with Crippen molar-refractivity contribution in [3.05, 3.63) is 0 Å². The number of hydrogen-bond donors (Lipinski definition) is 2. The van der Waals surface area contributed by atoms with Crippen molar-refractivity contribution in [3.63, 3.8) is 0 Å². The summed E-state index contributed by atoms with van der Waals surface area (Å²) in [4.78, 5) is 0. The summed E-state index contributed by atoms with van der Waals surface area (Å²) < 4.78 is 32.4. The number of ether oxygens (including phenoxy) is 1. The lowest BCUT2D eigenvalue weighted by atomic mass is 10.3. The van der Waals surface area contributed by atoms with Crippen LogP contribution in [0, 0.1) is 0 Å². The quantitative estimate of drug-likeness (QED) is 0.501. The van der Waals surface area contributed by atoms with Crippen LogP contribution in [0.5, 0.6) is 0 Å². The van der Waals surface area contributed by atoms with Gasteiger partial charge < -0.3 is 10.1 Å². The van der Waals surface area contributed by atoms with Gasteiger partial charge in [-0.3, -0.25) is 0 Å². The minimum Gasteiger partial charge on any atom is -0.385 e. The van der Waals surface area contributed by atoms with Crippen LogP contribution in [0.4, 0.5) is 0 Å². The summed E-state index contributed by atoms with van der Waals surface area (Å²) in [6.45, 7) is 5.43. The fourth-order valence-electron chi connectivity index (χ4n) is 1.41. The second kappa shape index (κ2) is 10.7. The molecule has 18 heavy (non-hydrogen) atoms. The fourth-order valence-corrected chi connectivity index (χ4v) is 2.40. The van der Waals surface area contributed by atoms with Crippen molar-refractivity contribution in [1.29, 1.82) is 0 Å². The molecule has 6 nitrogen and oxygen atoms in total. The maximum absolute atomic E-state index is 11.8. The van der Waals surface area contributed by atoms with Gasteiger partial charge in [0.2, 0.25) is 0 Å². The average Bonchev–Trinajstić information content (AvgIpc) is 2.34. The van der Waals surface area contributed by atoms with Crippen molar-refractivity contribution in [2.75, 3.05) is 46.9 Å². The Hall–Kier alpha value is -0.210. The molecule has 0 saturated carbocycles. The van der Waals surface area contributed by atoms with E-state index in [2.05, 4.69) is 10.0 Å². The molecule has 0 rings (SSSR count). The third-order valence-electron chi connectivity index (χ3n) is 2.55. The maximum Gasteiger partial charge on any atom is 0.279 e. The SMILES string of the molecule is CCNCCCN(C)S(=O)(=O)NCCCCOC. The average molecular weight is 281 g/mol. The first kappa shape index (κ1) is 17.8. The van der Waals surface area contributed by atoms with Gasteiger partial charge in [-0.15, -0.1) is 0 Å². The van der Waals surface area contributed by atoms with Gasteiger partial charge in [0.1, 0.15) is 0 Å². The van der Waals surface area contributed by atoms with Crippen molar-refractivity contribution in [2.45, 2.75) is 26.2 Å². The van der Waals surface area contributed by atoms with Crippen LogP contribution in [0.25, 0.3) is 0 Å². The van der Waals surface area contributed by atoms with Crippen LogP contribution < -0.4 is 10.0 Å². The Morgan fingerprint density at radius 3 is 2.50 bits per heavy atom. The van der Waals surface area contributed by atoms with Gasteiger partial charge in [0, 0.05) is 33.9 Å². The lowest BCUT2D eigenvalue weighted by Crippen LogP contribution is -2.39. The Bertz CT molecular complexity index is 283. The molecule has 0 fully saturated rings. The molecule has 0 saturated heterocycles. The standard InChI is InChI=1S/C11H27N3O3S/c1-4-12-8-7-10-14(2)18(15,16)13-9-5-6-11-17-3/h12-13H,4-11H2,1-3H3. The van der Waals surface area contributed by atoms with Crippen LogP contribution in [0.3, 0.4) is 0 Å². The van der Waals surface area contributed by atoms with Crippen molar-refractivity contribution in [2.24, 2.45) is 0 Å². The molecule has 0 radical (unpaired) electrons. The van der Waals surface area contributed by atoms with E-state index in [4.69, 9.17) is 4.74 Å². The Labute approximate surface area is 111 Å². The molecule has 0 atom stereocenters. The fraction of sp³-hybridized carbons (Fsp3) is 1.00. The third-order valence-corrected chi connectivity index (χ3v) is 4.12. The molecular weight excluding hydrogens is 254 g/mol. The maximum atomic E-state index is 11.8. The molecule has 7 heteroatoms. The smallest absolute Gasteiger partial charge is 0.279 e. The number of rotatable bonds is 12. The van der Waals surface area contributed by atoms with E-state index in [0.29, 0.717) is 19.7 Å². The normalized spacial score (nSPS) is 12.2. The van der Waals surface area contributed by atoms with E-state index in [-0.39, 0.29) is 0 Å². The van der Waals surface area contributed by atoms with Crippen LogP contribution in [0.1, 0.15) is 26.2 Å². The highest BCUT2D eigenvalue weighted by molar-refractivity contribution is 7.87. The zero-order valence-corrected chi connectivity index (χ0v) is 12.6. The minimum absolute atomic E-state index is 0.462. The predicted molar refractivity (Wildman–Crippen MR) is 73.8 cm³/mol. The van der Waals surface area contributed by atoms with Gasteiger partial charge in [0.15, 0.2) is 0 Å². The first-order valence-corrected chi connectivity index (χ1v) is 7.89. The highest BCUT2D eigenvalue weighted by atomic mass is 32.2. The summed E-state index contributed by atoms with van der Waals surface area (Å²) in [5.41, 5.74) is 0. The van der Waals surface area contributed by atoms with Crippen LogP contribution in [0.2, 0.25) is 0 Å². The monoisotopic (exact) mass is 281 g/mol. The van der Waals surface area contributed by atoms with E-state index in [9.17, 15) is 8.42 Å². The van der Waals surface area contributed by atoms with Gasteiger partial charge in [-0.05, 0) is 32.4 Å². The Morgan fingerprint density at radius 1 is 1.17 bits per heavy atom. The van der Waals surface area contributed by atoms with Crippen LogP contribution in [-0.2, 0) is 14.9 Å². The predicted octanol–water partition coefficient (Wildman–Crippen LogP) is 0.179. The molecule has 0 aromatic carbocycles. The van der Waals surface area contributed by atoms with Gasteiger partial charge in [-0.2, -0.15) is 12.7 Å². The van der Waals surface area contributed by atoms with Crippen LogP contribution in [-0.4, -0.2) is 59.7 Å². The Kier molecular flexibility index (Phi) is 10.6. The van der Waals surface area contributed by atoms with Crippen molar-refractivity contribution < 1.29 is 13.2 Å². The van der Waals surface area contributed by atoms with Crippen molar-refractivity contribution in [3.8, 4) is 0 Å². The van der Waals surface area contributed by atoms with Gasteiger partial charge in [0.05, 0.1) is 0 Å². The molecule has 0 aliphatic heterocycles. The number of nitrogens with zero attached hydrogens (tertiary/aromatic N) is 1. The van der Waals surface area contributed by atoms with E-state index >= 15 is 0 Å². The number of unbranched alkanes of at least 4 members (excludes halogenated alkanes) is 1. The summed E-state index contributed by atoms with van der Waals surface area (Å²) in [6.07, 6.45) is 2.47. The van der Waals surface area contributed by atoms with Gasteiger partial charge >= 0.3 is 0 Å². The van der Waals surface area contributed by atoms with E-state index in [1.54, 1.807) is 14.2 Å². The number of hydrogen-bond acceptors (Lipinski definition) is 4. The van der Waals surface area contributed by atoms with E-state index < -0.39 is 10.2 Å². The zero-order chi connectivity index (χ0) is 13.9. The molecule has 0 aliphatic carbocycles. The van der Waals surface area contributed by atoms with Gasteiger partial charge in [0.25, 0.3) is 10.2 Å². The highest BCUT2D eigenvalue weighted by Crippen LogP contribution is 1.96. The lowest BCUT2D eigenvalue weighted by Gasteiger charge is -2.17. The van der Waals surface area contributed by atoms with E-state index in [1.165, 1.54) is 4.31 Å². The summed E-state index contributed by atoms with van der Waals surface area (Å²) in [6, 6.07) is 0. The molecular formula is C11H27N3O3S. The van der Waals surface area contributed by atoms with Crippen LogP contribution in [0.15, 0.2) is 0 Å². The van der Waals surface area contributed by atoms with Crippen molar-refractivity contribution in [1.82, 2.24) is 14.3 Å². The molecule has 110 valence electrons. The van der Waals surface area contributed by atoms with Gasteiger partial charge in [-0.1, -0.05) is 6.92 Å². The molecule has 0 amide bonds. The molecule has 2 N–H and O–H groups in total. The molecule has 0 aromatic heterocycles. The molecule has 0 aromatic rings. The number of nitrogens with one attached hydrogen (secondary N) is 2. The summed E-state index contributed by atoms with van der Waals surface area (Å²) in [5, 5.41) is 3.17. The van der Waals surface area contributed by atoms with Crippen molar-refractivity contribution >= 4 is 10.2 Å². The molecule has 0 unspecified atom stereocenters.